The minimum atomic E-state index is 0.222. The van der Waals surface area contributed by atoms with Crippen LogP contribution >= 0.6 is 12.2 Å². The summed E-state index contributed by atoms with van der Waals surface area (Å²) in [6.07, 6.45) is 3.99. The quantitative estimate of drug-likeness (QED) is 0.439. The van der Waals surface area contributed by atoms with E-state index in [-0.39, 0.29) is 6.10 Å². The van der Waals surface area contributed by atoms with E-state index in [1.54, 1.807) is 33.6 Å². The predicted molar refractivity (Wildman–Crippen MR) is 96.4 cm³/mol. The number of nitrogens with zero attached hydrogens (tertiary/aromatic N) is 1. The molecule has 1 atom stereocenters. The summed E-state index contributed by atoms with van der Waals surface area (Å²) < 4.78 is 21.5. The lowest BCUT2D eigenvalue weighted by Gasteiger charge is -2.14. The number of ether oxygens (including phenoxy) is 4. The third-order valence-electron chi connectivity index (χ3n) is 3.62. The van der Waals surface area contributed by atoms with E-state index in [2.05, 4.69) is 15.8 Å². The summed E-state index contributed by atoms with van der Waals surface area (Å²) in [4.78, 5) is 0. The fourth-order valence-electron chi connectivity index (χ4n) is 2.44. The van der Waals surface area contributed by atoms with E-state index in [4.69, 9.17) is 31.2 Å². The maximum absolute atomic E-state index is 5.52. The molecule has 1 heterocycles. The molecule has 1 aliphatic rings. The van der Waals surface area contributed by atoms with Gasteiger partial charge in [0.15, 0.2) is 16.6 Å². The van der Waals surface area contributed by atoms with Gasteiger partial charge in [0.1, 0.15) is 0 Å². The van der Waals surface area contributed by atoms with E-state index in [1.165, 1.54) is 0 Å². The first kappa shape index (κ1) is 18.3. The average Bonchev–Trinajstić information content (AvgIpc) is 3.12. The van der Waals surface area contributed by atoms with Crippen molar-refractivity contribution in [2.45, 2.75) is 18.9 Å². The van der Waals surface area contributed by atoms with Gasteiger partial charge in [0.2, 0.25) is 5.75 Å². The molecule has 1 unspecified atom stereocenters. The van der Waals surface area contributed by atoms with Gasteiger partial charge in [-0.3, -0.25) is 5.43 Å². The molecule has 0 bridgehead atoms. The lowest BCUT2D eigenvalue weighted by atomic mass is 10.2. The zero-order valence-electron chi connectivity index (χ0n) is 14.1. The Morgan fingerprint density at radius 3 is 2.71 bits per heavy atom. The van der Waals surface area contributed by atoms with Crippen molar-refractivity contribution < 1.29 is 18.9 Å². The lowest BCUT2D eigenvalue weighted by molar-refractivity contribution is 0.114. The topological polar surface area (TPSA) is 73.3 Å². The second-order valence-corrected chi connectivity index (χ2v) is 5.55. The molecule has 0 radical (unpaired) electrons. The van der Waals surface area contributed by atoms with Gasteiger partial charge in [-0.05, 0) is 37.2 Å². The smallest absolute Gasteiger partial charge is 0.203 e. The Kier molecular flexibility index (Phi) is 7.07. The molecule has 8 heteroatoms. The molecule has 24 heavy (non-hydrogen) atoms. The summed E-state index contributed by atoms with van der Waals surface area (Å²) in [5.74, 6) is 1.65. The number of benzene rings is 1. The minimum Gasteiger partial charge on any atom is -0.493 e. The third-order valence-corrected chi connectivity index (χ3v) is 3.85. The Balaban J connectivity index is 1.94. The highest BCUT2D eigenvalue weighted by Crippen LogP contribution is 2.38. The standard InChI is InChI=1S/C16H23N3O4S/c1-20-13-7-6-11(14(21-2)15(13)22-3)9-18-19-16(24)17-10-12-5-4-8-23-12/h6-7,9,12H,4-5,8,10H2,1-3H3,(H2,17,19,24)/b18-9+. The van der Waals surface area contributed by atoms with E-state index in [1.807, 2.05) is 6.07 Å². The van der Waals surface area contributed by atoms with Crippen molar-refractivity contribution in [1.29, 1.82) is 0 Å². The number of nitrogens with one attached hydrogen (secondary N) is 2. The van der Waals surface area contributed by atoms with Crippen molar-refractivity contribution in [1.82, 2.24) is 10.7 Å². The highest BCUT2D eigenvalue weighted by molar-refractivity contribution is 7.80. The van der Waals surface area contributed by atoms with E-state index < -0.39 is 0 Å². The van der Waals surface area contributed by atoms with Crippen LogP contribution in [0.25, 0.3) is 0 Å². The molecule has 1 aliphatic heterocycles. The normalized spacial score (nSPS) is 16.9. The molecule has 1 aromatic rings. The molecule has 0 amide bonds. The Bertz CT molecular complexity index is 589. The summed E-state index contributed by atoms with van der Waals surface area (Å²) >= 11 is 5.19. The van der Waals surface area contributed by atoms with Crippen molar-refractivity contribution in [3.05, 3.63) is 17.7 Å². The van der Waals surface area contributed by atoms with E-state index in [0.717, 1.165) is 25.0 Å². The second-order valence-electron chi connectivity index (χ2n) is 5.14. The highest BCUT2D eigenvalue weighted by Gasteiger charge is 2.16. The third kappa shape index (κ3) is 4.72. The molecule has 132 valence electrons. The van der Waals surface area contributed by atoms with Gasteiger partial charge in [-0.1, -0.05) is 0 Å². The molecule has 7 nitrogen and oxygen atoms in total. The van der Waals surface area contributed by atoms with Crippen LogP contribution in [0.1, 0.15) is 18.4 Å². The van der Waals surface area contributed by atoms with Crippen LogP contribution in [0, 0.1) is 0 Å². The Hall–Kier alpha value is -2.06. The molecule has 0 spiro atoms. The summed E-state index contributed by atoms with van der Waals surface area (Å²) in [5.41, 5.74) is 3.52. The summed E-state index contributed by atoms with van der Waals surface area (Å²) in [6, 6.07) is 3.62. The monoisotopic (exact) mass is 353 g/mol. The lowest BCUT2D eigenvalue weighted by Crippen LogP contribution is -2.37. The number of hydrogen-bond acceptors (Lipinski definition) is 6. The molecule has 1 fully saturated rings. The van der Waals surface area contributed by atoms with Crippen LogP contribution in [0.3, 0.4) is 0 Å². The molecule has 2 N–H and O–H groups in total. The number of methoxy groups -OCH3 is 3. The minimum absolute atomic E-state index is 0.222. The molecular weight excluding hydrogens is 330 g/mol. The first-order valence-corrected chi connectivity index (χ1v) is 8.08. The highest BCUT2D eigenvalue weighted by atomic mass is 32.1. The van der Waals surface area contributed by atoms with Crippen LogP contribution < -0.4 is 25.0 Å². The van der Waals surface area contributed by atoms with Gasteiger partial charge in [0.25, 0.3) is 0 Å². The molecular formula is C16H23N3O4S. The Morgan fingerprint density at radius 2 is 2.08 bits per heavy atom. The zero-order chi connectivity index (χ0) is 17.4. The van der Waals surface area contributed by atoms with E-state index in [9.17, 15) is 0 Å². The number of thiocarbonyl (C=S) groups is 1. The van der Waals surface area contributed by atoms with Crippen LogP contribution in [0.5, 0.6) is 17.2 Å². The molecule has 0 aliphatic carbocycles. The van der Waals surface area contributed by atoms with Crippen LogP contribution in [-0.2, 0) is 4.74 Å². The molecule has 0 aromatic heterocycles. The van der Waals surface area contributed by atoms with Gasteiger partial charge < -0.3 is 24.3 Å². The maximum atomic E-state index is 5.52. The SMILES string of the molecule is COc1ccc(/C=N/NC(=S)NCC2CCCO2)c(OC)c1OC. The fraction of sp³-hybridized carbons (Fsp3) is 0.500. The zero-order valence-corrected chi connectivity index (χ0v) is 14.9. The maximum Gasteiger partial charge on any atom is 0.203 e. The van der Waals surface area contributed by atoms with Crippen LogP contribution in [0.15, 0.2) is 17.2 Å². The molecule has 1 saturated heterocycles. The van der Waals surface area contributed by atoms with Crippen molar-refractivity contribution in [3.8, 4) is 17.2 Å². The molecule has 2 rings (SSSR count). The van der Waals surface area contributed by atoms with Gasteiger partial charge in [-0.25, -0.2) is 0 Å². The first-order chi connectivity index (χ1) is 11.7. The number of rotatable bonds is 7. The van der Waals surface area contributed by atoms with Gasteiger partial charge in [-0.2, -0.15) is 5.10 Å². The second kappa shape index (κ2) is 9.29. The Morgan fingerprint density at radius 1 is 1.29 bits per heavy atom. The summed E-state index contributed by atoms with van der Waals surface area (Å²) in [7, 11) is 4.70. The van der Waals surface area contributed by atoms with Crippen LogP contribution in [0.2, 0.25) is 0 Å². The van der Waals surface area contributed by atoms with Crippen molar-refractivity contribution in [2.75, 3.05) is 34.5 Å². The summed E-state index contributed by atoms with van der Waals surface area (Å²) in [5, 5.41) is 7.66. The van der Waals surface area contributed by atoms with Crippen LogP contribution in [0.4, 0.5) is 0 Å². The van der Waals surface area contributed by atoms with Gasteiger partial charge in [0.05, 0.1) is 33.6 Å². The molecule has 1 aromatic carbocycles. The number of hydrazone groups is 1. The van der Waals surface area contributed by atoms with Crippen LogP contribution in [-0.4, -0.2) is 51.9 Å². The van der Waals surface area contributed by atoms with Crippen molar-refractivity contribution >= 4 is 23.5 Å². The first-order valence-electron chi connectivity index (χ1n) is 7.67. The number of hydrogen-bond donors (Lipinski definition) is 2. The van der Waals surface area contributed by atoms with Crippen molar-refractivity contribution in [3.63, 3.8) is 0 Å². The predicted octanol–water partition coefficient (Wildman–Crippen LogP) is 1.69. The largest absolute Gasteiger partial charge is 0.493 e. The van der Waals surface area contributed by atoms with Gasteiger partial charge >= 0.3 is 0 Å². The Labute approximate surface area is 147 Å². The van der Waals surface area contributed by atoms with E-state index >= 15 is 0 Å². The summed E-state index contributed by atoms with van der Waals surface area (Å²) in [6.45, 7) is 1.50. The molecule has 0 saturated carbocycles. The average molecular weight is 353 g/mol. The van der Waals surface area contributed by atoms with Gasteiger partial charge in [-0.15, -0.1) is 0 Å². The van der Waals surface area contributed by atoms with Gasteiger partial charge in [0, 0.05) is 18.7 Å². The van der Waals surface area contributed by atoms with E-state index in [0.29, 0.717) is 28.9 Å². The fourth-order valence-corrected chi connectivity index (χ4v) is 2.57. The van der Waals surface area contributed by atoms with Crippen molar-refractivity contribution in [2.24, 2.45) is 5.10 Å².